The van der Waals surface area contributed by atoms with Crippen LogP contribution in [0.25, 0.3) is 10.4 Å². The van der Waals surface area contributed by atoms with Gasteiger partial charge in [-0.2, -0.15) is 0 Å². The van der Waals surface area contributed by atoms with Gasteiger partial charge in [0.2, 0.25) is 0 Å². The lowest BCUT2D eigenvalue weighted by Gasteiger charge is -2.48. The van der Waals surface area contributed by atoms with E-state index in [2.05, 4.69) is 67.5 Å². The predicted molar refractivity (Wildman–Crippen MR) is 149 cm³/mol. The Kier molecular flexibility index (Phi) is 12.8. The molecule has 198 valence electrons. The summed E-state index contributed by atoms with van der Waals surface area (Å²) in [5.74, 6) is 3.84. The molecule has 2 saturated carbocycles. The SMILES string of the molecule is CC[C@H](OCCCN=[N+]=[N-])[C@@]1(C)C(C(C)CCC2CCCCC2(C)C)CCC1[C@H](C)CCCBr. The van der Waals surface area contributed by atoms with Crippen LogP contribution in [0.5, 0.6) is 0 Å². The van der Waals surface area contributed by atoms with Crippen molar-refractivity contribution in [2.45, 2.75) is 125 Å². The Bertz CT molecular complexity index is 635. The molecule has 5 heteroatoms. The third kappa shape index (κ3) is 7.62. The van der Waals surface area contributed by atoms with Gasteiger partial charge in [0.1, 0.15) is 0 Å². The van der Waals surface area contributed by atoms with Gasteiger partial charge in [0.05, 0.1) is 6.10 Å². The summed E-state index contributed by atoms with van der Waals surface area (Å²) in [5, 5.41) is 4.81. The fraction of sp³-hybridized carbons (Fsp3) is 1.00. The standard InChI is InChI=1S/C29H54BrN3O/c1-7-27(34-21-11-20-32-33-31)29(6)25(22(2)12-10-19-30)16-17-26(29)23(3)14-15-24-13-8-9-18-28(24,4)5/h22-27H,7-21H2,1-6H3/t22-,23?,24?,25?,26?,27+,29-/m1/s1. The maximum absolute atomic E-state index is 8.59. The second-order valence-electron chi connectivity index (χ2n) is 12.5. The molecule has 0 aliphatic heterocycles. The van der Waals surface area contributed by atoms with Crippen LogP contribution in [0.4, 0.5) is 0 Å². The molecule has 2 aliphatic rings. The lowest BCUT2D eigenvalue weighted by Crippen LogP contribution is -2.46. The third-order valence-electron chi connectivity index (χ3n) is 10.1. The molecule has 2 rings (SSSR count). The molecule has 0 saturated heterocycles. The van der Waals surface area contributed by atoms with E-state index in [1.807, 2.05) is 0 Å². The van der Waals surface area contributed by atoms with Crippen LogP contribution in [0, 0.1) is 40.4 Å². The molecule has 34 heavy (non-hydrogen) atoms. The fourth-order valence-corrected chi connectivity index (χ4v) is 8.36. The Balaban J connectivity index is 2.15. The third-order valence-corrected chi connectivity index (χ3v) is 10.7. The summed E-state index contributed by atoms with van der Waals surface area (Å²) in [6, 6.07) is 0. The van der Waals surface area contributed by atoms with Gasteiger partial charge in [-0.3, -0.25) is 0 Å². The van der Waals surface area contributed by atoms with E-state index in [1.54, 1.807) is 0 Å². The Morgan fingerprint density at radius 3 is 2.29 bits per heavy atom. The minimum absolute atomic E-state index is 0.223. The highest BCUT2D eigenvalue weighted by Gasteiger charge is 2.54. The predicted octanol–water partition coefficient (Wildman–Crippen LogP) is 9.96. The maximum Gasteiger partial charge on any atom is 0.0631 e. The van der Waals surface area contributed by atoms with Gasteiger partial charge in [-0.05, 0) is 104 Å². The van der Waals surface area contributed by atoms with E-state index in [0.717, 1.165) is 47.8 Å². The zero-order valence-corrected chi connectivity index (χ0v) is 24.8. The van der Waals surface area contributed by atoms with Crippen molar-refractivity contribution in [3.8, 4) is 0 Å². The first-order valence-corrected chi connectivity index (χ1v) is 15.5. The first-order chi connectivity index (χ1) is 16.2. The summed E-state index contributed by atoms with van der Waals surface area (Å²) in [5.41, 5.74) is 9.33. The Morgan fingerprint density at radius 1 is 1.03 bits per heavy atom. The molecule has 4 unspecified atom stereocenters. The summed E-state index contributed by atoms with van der Waals surface area (Å²) in [7, 11) is 0. The van der Waals surface area contributed by atoms with Crippen molar-refractivity contribution in [3.63, 3.8) is 0 Å². The minimum Gasteiger partial charge on any atom is -0.378 e. The fourth-order valence-electron chi connectivity index (χ4n) is 8.04. The van der Waals surface area contributed by atoms with Crippen molar-refractivity contribution >= 4 is 15.9 Å². The Hall–Kier alpha value is -0.250. The highest BCUT2D eigenvalue weighted by Crippen LogP contribution is 2.58. The molecule has 0 aromatic heterocycles. The van der Waals surface area contributed by atoms with Crippen LogP contribution in [0.15, 0.2) is 5.11 Å². The molecule has 0 spiro atoms. The maximum atomic E-state index is 8.59. The second-order valence-corrected chi connectivity index (χ2v) is 13.3. The van der Waals surface area contributed by atoms with Gasteiger partial charge in [-0.15, -0.1) is 0 Å². The van der Waals surface area contributed by atoms with Crippen molar-refractivity contribution in [1.29, 1.82) is 0 Å². The van der Waals surface area contributed by atoms with Gasteiger partial charge < -0.3 is 4.74 Å². The van der Waals surface area contributed by atoms with E-state index in [1.165, 1.54) is 64.2 Å². The van der Waals surface area contributed by atoms with Crippen molar-refractivity contribution in [2.24, 2.45) is 45.5 Å². The van der Waals surface area contributed by atoms with Gasteiger partial charge in [0.15, 0.2) is 0 Å². The zero-order chi connectivity index (χ0) is 25.2. The van der Waals surface area contributed by atoms with E-state index < -0.39 is 0 Å². The average molecular weight is 541 g/mol. The molecular weight excluding hydrogens is 486 g/mol. The Labute approximate surface area is 219 Å². The van der Waals surface area contributed by atoms with E-state index in [9.17, 15) is 0 Å². The number of hydrogen-bond acceptors (Lipinski definition) is 2. The van der Waals surface area contributed by atoms with E-state index in [4.69, 9.17) is 10.3 Å². The van der Waals surface area contributed by atoms with Crippen molar-refractivity contribution < 1.29 is 4.74 Å². The van der Waals surface area contributed by atoms with Crippen LogP contribution in [-0.4, -0.2) is 24.6 Å². The van der Waals surface area contributed by atoms with E-state index in [-0.39, 0.29) is 11.5 Å². The zero-order valence-electron chi connectivity index (χ0n) is 23.2. The van der Waals surface area contributed by atoms with Crippen LogP contribution in [0.2, 0.25) is 0 Å². The van der Waals surface area contributed by atoms with E-state index in [0.29, 0.717) is 18.6 Å². The molecule has 0 amide bonds. The first kappa shape index (κ1) is 30.0. The number of hydrogen-bond donors (Lipinski definition) is 0. The van der Waals surface area contributed by atoms with Gasteiger partial charge in [0, 0.05) is 23.4 Å². The highest BCUT2D eigenvalue weighted by atomic mass is 79.9. The van der Waals surface area contributed by atoms with Crippen LogP contribution in [0.3, 0.4) is 0 Å². The average Bonchev–Trinajstić information content (AvgIpc) is 3.16. The normalized spacial score (nSPS) is 31.6. The summed E-state index contributed by atoms with van der Waals surface area (Å²) in [6.45, 7) is 16.2. The summed E-state index contributed by atoms with van der Waals surface area (Å²) < 4.78 is 6.63. The smallest absolute Gasteiger partial charge is 0.0631 e. The van der Waals surface area contributed by atoms with Crippen LogP contribution < -0.4 is 0 Å². The van der Waals surface area contributed by atoms with Crippen molar-refractivity contribution in [3.05, 3.63) is 10.4 Å². The molecule has 7 atom stereocenters. The summed E-state index contributed by atoms with van der Waals surface area (Å²) in [4.78, 5) is 2.90. The van der Waals surface area contributed by atoms with Crippen molar-refractivity contribution in [2.75, 3.05) is 18.5 Å². The topological polar surface area (TPSA) is 58.0 Å². The molecule has 0 radical (unpaired) electrons. The quantitative estimate of drug-likeness (QED) is 0.0670. The number of ether oxygens (including phenoxy) is 1. The Morgan fingerprint density at radius 2 is 1.71 bits per heavy atom. The van der Waals surface area contributed by atoms with Crippen molar-refractivity contribution in [1.82, 2.24) is 0 Å². The number of halogens is 1. The van der Waals surface area contributed by atoms with Gasteiger partial charge >= 0.3 is 0 Å². The van der Waals surface area contributed by atoms with Gasteiger partial charge in [-0.1, -0.05) is 81.8 Å². The molecule has 0 N–H and O–H groups in total. The summed E-state index contributed by atoms with van der Waals surface area (Å²) in [6.07, 6.45) is 15.9. The second kappa shape index (κ2) is 14.5. The van der Waals surface area contributed by atoms with E-state index >= 15 is 0 Å². The molecule has 2 fully saturated rings. The van der Waals surface area contributed by atoms with Crippen LogP contribution in [0.1, 0.15) is 119 Å². The highest BCUT2D eigenvalue weighted by molar-refractivity contribution is 9.09. The molecule has 2 aliphatic carbocycles. The van der Waals surface area contributed by atoms with Gasteiger partial charge in [0.25, 0.3) is 0 Å². The molecule has 0 aromatic rings. The molecule has 0 bridgehead atoms. The number of alkyl halides is 1. The summed E-state index contributed by atoms with van der Waals surface area (Å²) >= 11 is 3.66. The number of rotatable bonds is 15. The minimum atomic E-state index is 0.223. The molecule has 0 aromatic carbocycles. The molecular formula is C29H54BrN3O. The van der Waals surface area contributed by atoms with Crippen LogP contribution >= 0.6 is 15.9 Å². The number of nitrogens with zero attached hydrogens (tertiary/aromatic N) is 3. The monoisotopic (exact) mass is 539 g/mol. The van der Waals surface area contributed by atoms with Crippen LogP contribution in [-0.2, 0) is 4.74 Å². The van der Waals surface area contributed by atoms with Gasteiger partial charge in [-0.25, -0.2) is 0 Å². The lowest BCUT2D eigenvalue weighted by atomic mass is 9.60. The first-order valence-electron chi connectivity index (χ1n) is 14.4. The molecule has 4 nitrogen and oxygen atoms in total. The largest absolute Gasteiger partial charge is 0.378 e. The lowest BCUT2D eigenvalue weighted by molar-refractivity contribution is -0.0960. The molecule has 0 heterocycles. The number of azide groups is 1.